The number of hydrogen-bond acceptors (Lipinski definition) is 1. The van der Waals surface area contributed by atoms with Crippen molar-refractivity contribution < 1.29 is 0 Å². The van der Waals surface area contributed by atoms with Crippen molar-refractivity contribution in [1.82, 2.24) is 0 Å². The molecule has 2 unspecified atom stereocenters. The maximum Gasteiger partial charge on any atom is 0.0526 e. The maximum atomic E-state index is 4.01. The van der Waals surface area contributed by atoms with Crippen LogP contribution in [0.2, 0.25) is 0 Å². The highest BCUT2D eigenvalue weighted by Crippen LogP contribution is 2.51. The summed E-state index contributed by atoms with van der Waals surface area (Å²) in [6.45, 7) is 0. The monoisotopic (exact) mass is 549 g/mol. The Balaban J connectivity index is 1.31. The second-order valence-corrected chi connectivity index (χ2v) is 12.0. The lowest BCUT2D eigenvalue weighted by Gasteiger charge is -2.28. The van der Waals surface area contributed by atoms with Crippen LogP contribution >= 0.6 is 0 Å². The van der Waals surface area contributed by atoms with Crippen LogP contribution in [0.15, 0.2) is 146 Å². The van der Waals surface area contributed by atoms with Gasteiger partial charge in [0.1, 0.15) is 0 Å². The molecule has 2 aliphatic rings. The first-order valence-corrected chi connectivity index (χ1v) is 15.4. The van der Waals surface area contributed by atoms with Gasteiger partial charge in [-0.15, -0.1) is 0 Å². The Morgan fingerprint density at radius 1 is 0.442 bits per heavy atom. The molecule has 0 spiro atoms. The molecule has 1 aliphatic carbocycles. The minimum atomic E-state index is 0.273. The minimum absolute atomic E-state index is 0.273. The number of anilines is 1. The van der Waals surface area contributed by atoms with Gasteiger partial charge in [0.15, 0.2) is 0 Å². The standard InChI is InChI=1S/C42H31N/c1-2-10-27(11-3-1)30-22-23-31(34-15-7-6-14-33(30)34)29-19-20-36-38-21-18-28-12-4-5-13-32(28)42(38)41-25-24-35(39(36)26-29)37-16-8-9-17-40(37)43-41/h1-23,26,35,41,43H,24-25H2. The fraction of sp³-hybridized carbons (Fsp3) is 0.0952. The SMILES string of the molecule is c1ccc(-c2ccc(-c3ccc4c(c3)C3CCC(Nc5ccccc53)c3c-4ccc4ccccc34)c3ccccc23)cc1. The molecule has 1 aliphatic heterocycles. The van der Waals surface area contributed by atoms with E-state index in [1.807, 2.05) is 0 Å². The van der Waals surface area contributed by atoms with Crippen LogP contribution in [0.3, 0.4) is 0 Å². The first kappa shape index (κ1) is 24.5. The fourth-order valence-electron chi connectivity index (χ4n) is 7.81. The Bertz CT molecular complexity index is 2170. The van der Waals surface area contributed by atoms with E-state index >= 15 is 0 Å². The van der Waals surface area contributed by atoms with Gasteiger partial charge in [-0.05, 0) is 96.6 Å². The molecule has 2 bridgehead atoms. The summed E-state index contributed by atoms with van der Waals surface area (Å²) in [5.41, 5.74) is 13.4. The first-order chi connectivity index (χ1) is 21.3. The van der Waals surface area contributed by atoms with Gasteiger partial charge in [-0.3, -0.25) is 0 Å². The number of nitrogens with one attached hydrogen (secondary N) is 1. The third kappa shape index (κ3) is 3.85. The van der Waals surface area contributed by atoms with E-state index in [0.717, 1.165) is 12.8 Å². The lowest BCUT2D eigenvalue weighted by atomic mass is 9.76. The second-order valence-electron chi connectivity index (χ2n) is 12.0. The van der Waals surface area contributed by atoms with Gasteiger partial charge in [0.2, 0.25) is 0 Å². The number of rotatable bonds is 2. The van der Waals surface area contributed by atoms with Gasteiger partial charge in [0.25, 0.3) is 0 Å². The molecule has 0 saturated carbocycles. The van der Waals surface area contributed by atoms with Crippen molar-refractivity contribution in [3.63, 3.8) is 0 Å². The average Bonchev–Trinajstić information content (AvgIpc) is 3.24. The summed E-state index contributed by atoms with van der Waals surface area (Å²) < 4.78 is 0. The minimum Gasteiger partial charge on any atom is -0.378 e. The largest absolute Gasteiger partial charge is 0.378 e. The molecular weight excluding hydrogens is 518 g/mol. The molecule has 1 heteroatoms. The summed E-state index contributed by atoms with van der Waals surface area (Å²) in [6, 6.07) is 54.3. The van der Waals surface area contributed by atoms with E-state index in [0.29, 0.717) is 5.92 Å². The van der Waals surface area contributed by atoms with Gasteiger partial charge >= 0.3 is 0 Å². The zero-order chi connectivity index (χ0) is 28.3. The molecule has 0 saturated heterocycles. The van der Waals surface area contributed by atoms with Crippen molar-refractivity contribution in [2.75, 3.05) is 5.32 Å². The van der Waals surface area contributed by atoms with Crippen LogP contribution in [0.4, 0.5) is 5.69 Å². The van der Waals surface area contributed by atoms with Gasteiger partial charge in [-0.2, -0.15) is 0 Å². The van der Waals surface area contributed by atoms with Gasteiger partial charge in [-0.1, -0.05) is 133 Å². The molecule has 9 rings (SSSR count). The van der Waals surface area contributed by atoms with Gasteiger partial charge in [0, 0.05) is 11.6 Å². The molecule has 0 aromatic heterocycles. The molecule has 1 nitrogen and oxygen atoms in total. The lowest BCUT2D eigenvalue weighted by molar-refractivity contribution is 0.618. The van der Waals surface area contributed by atoms with Crippen molar-refractivity contribution in [1.29, 1.82) is 0 Å². The van der Waals surface area contributed by atoms with Gasteiger partial charge in [-0.25, -0.2) is 0 Å². The van der Waals surface area contributed by atoms with E-state index in [2.05, 4.69) is 151 Å². The summed E-state index contributed by atoms with van der Waals surface area (Å²) >= 11 is 0. The van der Waals surface area contributed by atoms with Gasteiger partial charge in [0.05, 0.1) is 6.04 Å². The van der Waals surface area contributed by atoms with E-state index in [9.17, 15) is 0 Å². The fourth-order valence-corrected chi connectivity index (χ4v) is 7.81. The summed E-state index contributed by atoms with van der Waals surface area (Å²) in [7, 11) is 0. The Hall–Kier alpha value is -5.14. The molecule has 204 valence electrons. The molecule has 1 heterocycles. The first-order valence-electron chi connectivity index (χ1n) is 15.4. The molecule has 0 fully saturated rings. The second kappa shape index (κ2) is 9.71. The van der Waals surface area contributed by atoms with Crippen LogP contribution in [0.25, 0.3) is 54.9 Å². The molecular formula is C42H31N. The Labute approximate surface area is 252 Å². The molecule has 7 aromatic carbocycles. The zero-order valence-corrected chi connectivity index (χ0v) is 23.9. The molecule has 43 heavy (non-hydrogen) atoms. The van der Waals surface area contributed by atoms with Crippen molar-refractivity contribution in [2.45, 2.75) is 24.8 Å². The van der Waals surface area contributed by atoms with E-state index in [1.165, 1.54) is 77.3 Å². The highest BCUT2D eigenvalue weighted by molar-refractivity contribution is 6.05. The topological polar surface area (TPSA) is 12.0 Å². The zero-order valence-electron chi connectivity index (χ0n) is 23.9. The highest BCUT2D eigenvalue weighted by Gasteiger charge is 2.32. The third-order valence-electron chi connectivity index (χ3n) is 9.77. The molecule has 7 aromatic rings. The summed E-state index contributed by atoms with van der Waals surface area (Å²) in [6.07, 6.45) is 2.21. The van der Waals surface area contributed by atoms with Gasteiger partial charge < -0.3 is 5.32 Å². The summed E-state index contributed by atoms with van der Waals surface area (Å²) in [4.78, 5) is 0. The highest BCUT2D eigenvalue weighted by atomic mass is 14.9. The predicted molar refractivity (Wildman–Crippen MR) is 182 cm³/mol. The number of fused-ring (bicyclic) bond motifs is 13. The van der Waals surface area contributed by atoms with Crippen LogP contribution < -0.4 is 5.32 Å². The van der Waals surface area contributed by atoms with Crippen molar-refractivity contribution in [2.24, 2.45) is 0 Å². The predicted octanol–water partition coefficient (Wildman–Crippen LogP) is 11.4. The lowest BCUT2D eigenvalue weighted by Crippen LogP contribution is -2.13. The van der Waals surface area contributed by atoms with Crippen molar-refractivity contribution in [3.8, 4) is 33.4 Å². The number of hydrogen-bond donors (Lipinski definition) is 1. The molecule has 0 amide bonds. The number of para-hydroxylation sites is 1. The van der Waals surface area contributed by atoms with E-state index in [4.69, 9.17) is 0 Å². The Morgan fingerprint density at radius 3 is 1.93 bits per heavy atom. The van der Waals surface area contributed by atoms with Crippen LogP contribution in [-0.4, -0.2) is 0 Å². The van der Waals surface area contributed by atoms with E-state index in [-0.39, 0.29) is 6.04 Å². The molecule has 1 N–H and O–H groups in total. The smallest absolute Gasteiger partial charge is 0.0526 e. The molecule has 2 atom stereocenters. The van der Waals surface area contributed by atoms with Crippen LogP contribution in [0, 0.1) is 0 Å². The summed E-state index contributed by atoms with van der Waals surface area (Å²) in [5.74, 6) is 0.332. The molecule has 0 radical (unpaired) electrons. The third-order valence-corrected chi connectivity index (χ3v) is 9.77. The van der Waals surface area contributed by atoms with Crippen LogP contribution in [0.5, 0.6) is 0 Å². The Kier molecular flexibility index (Phi) is 5.52. The summed E-state index contributed by atoms with van der Waals surface area (Å²) in [5, 5.41) is 9.26. The van der Waals surface area contributed by atoms with Crippen molar-refractivity contribution >= 4 is 27.2 Å². The van der Waals surface area contributed by atoms with E-state index < -0.39 is 0 Å². The number of benzene rings is 7. The quantitative estimate of drug-likeness (QED) is 0.226. The maximum absolute atomic E-state index is 4.01. The van der Waals surface area contributed by atoms with Crippen LogP contribution in [-0.2, 0) is 0 Å². The Morgan fingerprint density at radius 2 is 1.09 bits per heavy atom. The average molecular weight is 550 g/mol. The van der Waals surface area contributed by atoms with Crippen LogP contribution in [0.1, 0.15) is 41.5 Å². The normalized spacial score (nSPS) is 16.8. The van der Waals surface area contributed by atoms with E-state index in [1.54, 1.807) is 0 Å². The van der Waals surface area contributed by atoms with Crippen molar-refractivity contribution in [3.05, 3.63) is 162 Å².